The number of para-hydroxylation sites is 1. The van der Waals surface area contributed by atoms with Gasteiger partial charge in [0, 0.05) is 0 Å². The second-order valence-electron chi connectivity index (χ2n) is 3.55. The number of carbonyl (C=O) groups is 1. The van der Waals surface area contributed by atoms with E-state index in [1.165, 1.54) is 0 Å². The molecule has 1 aromatic heterocycles. The lowest BCUT2D eigenvalue weighted by molar-refractivity contribution is -0.673. The maximum atomic E-state index is 11.9. The second kappa shape index (κ2) is 4.18. The van der Waals surface area contributed by atoms with Crippen molar-refractivity contribution in [3.05, 3.63) is 48.5 Å². The molecule has 1 aromatic carbocycles. The third-order valence-corrected chi connectivity index (χ3v) is 2.32. The summed E-state index contributed by atoms with van der Waals surface area (Å²) in [5.74, 6) is 0.693. The summed E-state index contributed by atoms with van der Waals surface area (Å²) in [7, 11) is 3.61. The Morgan fingerprint density at radius 3 is 2.56 bits per heavy atom. The Hall–Kier alpha value is -2.10. The fraction of sp³-hybridized carbons (Fsp3) is 0.167. The molecule has 1 heterocycles. The maximum absolute atomic E-state index is 11.9. The number of hydrogen-bond acceptors (Lipinski definition) is 2. The Kier molecular flexibility index (Phi) is 2.72. The van der Waals surface area contributed by atoms with Crippen LogP contribution in [-0.2, 0) is 14.1 Å². The van der Waals surface area contributed by atoms with Crippen molar-refractivity contribution in [2.24, 2.45) is 14.1 Å². The van der Waals surface area contributed by atoms with Gasteiger partial charge >= 0.3 is 11.8 Å². The van der Waals surface area contributed by atoms with E-state index in [9.17, 15) is 4.79 Å². The van der Waals surface area contributed by atoms with Crippen LogP contribution in [0.4, 0.5) is 0 Å². The van der Waals surface area contributed by atoms with Gasteiger partial charge in [0.15, 0.2) is 0 Å². The Morgan fingerprint density at radius 1 is 1.31 bits per heavy atom. The van der Waals surface area contributed by atoms with Gasteiger partial charge in [0.25, 0.3) is 0 Å². The second-order valence-corrected chi connectivity index (χ2v) is 3.55. The van der Waals surface area contributed by atoms with Crippen molar-refractivity contribution < 1.29 is 14.1 Å². The van der Waals surface area contributed by atoms with Crippen LogP contribution < -0.4 is 9.30 Å². The fourth-order valence-electron chi connectivity index (χ4n) is 1.52. The van der Waals surface area contributed by atoms with E-state index >= 15 is 0 Å². The average Bonchev–Trinajstić information content (AvgIpc) is 2.60. The van der Waals surface area contributed by atoms with E-state index in [4.69, 9.17) is 4.74 Å². The lowest BCUT2D eigenvalue weighted by atomic mass is 10.3. The Morgan fingerprint density at radius 2 is 2.00 bits per heavy atom. The first kappa shape index (κ1) is 10.4. The number of imidazole rings is 1. The predicted octanol–water partition coefficient (Wildman–Crippen LogP) is 1.07. The molecule has 0 radical (unpaired) electrons. The van der Waals surface area contributed by atoms with Gasteiger partial charge in [-0.2, -0.15) is 0 Å². The molecule has 4 heteroatoms. The summed E-state index contributed by atoms with van der Waals surface area (Å²) in [5.41, 5.74) is 0. The molecular formula is C12H13N2O2+. The topological polar surface area (TPSA) is 35.1 Å². The Bertz CT molecular complexity index is 483. The van der Waals surface area contributed by atoms with Crippen molar-refractivity contribution in [1.29, 1.82) is 0 Å². The van der Waals surface area contributed by atoms with Gasteiger partial charge < -0.3 is 4.74 Å². The summed E-state index contributed by atoms with van der Waals surface area (Å²) >= 11 is 0. The lowest BCUT2D eigenvalue weighted by Gasteiger charge is -2.01. The van der Waals surface area contributed by atoms with E-state index < -0.39 is 0 Å². The SMILES string of the molecule is Cn1cc[n+](C)c1C(=O)Oc1ccccc1. The molecule has 0 spiro atoms. The van der Waals surface area contributed by atoms with Crippen LogP contribution >= 0.6 is 0 Å². The molecule has 2 aromatic rings. The number of carbonyl (C=O) groups excluding carboxylic acids is 1. The molecule has 0 fully saturated rings. The summed E-state index contributed by atoms with van der Waals surface area (Å²) < 4.78 is 8.69. The molecule has 82 valence electrons. The zero-order valence-electron chi connectivity index (χ0n) is 9.25. The smallest absolute Gasteiger partial charge is 0.417 e. The van der Waals surface area contributed by atoms with E-state index in [1.807, 2.05) is 44.7 Å². The van der Waals surface area contributed by atoms with Crippen molar-refractivity contribution >= 4 is 5.97 Å². The minimum absolute atomic E-state index is 0.360. The van der Waals surface area contributed by atoms with Gasteiger partial charge in [0.2, 0.25) is 0 Å². The van der Waals surface area contributed by atoms with E-state index in [1.54, 1.807) is 21.3 Å². The van der Waals surface area contributed by atoms with E-state index in [-0.39, 0.29) is 5.97 Å². The van der Waals surface area contributed by atoms with Gasteiger partial charge in [-0.05, 0) is 12.1 Å². The van der Waals surface area contributed by atoms with E-state index in [0.29, 0.717) is 11.6 Å². The first-order valence-electron chi connectivity index (χ1n) is 4.96. The molecule has 0 saturated heterocycles. The Balaban J connectivity index is 2.22. The van der Waals surface area contributed by atoms with Crippen LogP contribution in [0.1, 0.15) is 10.6 Å². The average molecular weight is 217 g/mol. The van der Waals surface area contributed by atoms with Crippen molar-refractivity contribution in [3.8, 4) is 5.75 Å². The molecule has 0 unspecified atom stereocenters. The quantitative estimate of drug-likeness (QED) is 0.428. The van der Waals surface area contributed by atoms with Crippen LogP contribution in [0, 0.1) is 0 Å². The first-order valence-corrected chi connectivity index (χ1v) is 4.96. The summed E-state index contributed by atoms with van der Waals surface area (Å²) in [6.45, 7) is 0. The molecule has 0 bridgehead atoms. The van der Waals surface area contributed by atoms with Crippen molar-refractivity contribution in [2.75, 3.05) is 0 Å². The molecule has 0 amide bonds. The highest BCUT2D eigenvalue weighted by Gasteiger charge is 2.23. The highest BCUT2D eigenvalue weighted by molar-refractivity contribution is 5.85. The van der Waals surface area contributed by atoms with Crippen LogP contribution in [0.2, 0.25) is 0 Å². The summed E-state index contributed by atoms with van der Waals surface area (Å²) in [6.07, 6.45) is 3.61. The highest BCUT2D eigenvalue weighted by Crippen LogP contribution is 2.10. The van der Waals surface area contributed by atoms with E-state index in [0.717, 1.165) is 0 Å². The monoisotopic (exact) mass is 217 g/mol. The zero-order valence-corrected chi connectivity index (χ0v) is 9.25. The third kappa shape index (κ3) is 1.95. The third-order valence-electron chi connectivity index (χ3n) is 2.32. The van der Waals surface area contributed by atoms with E-state index in [2.05, 4.69) is 0 Å². The molecular weight excluding hydrogens is 204 g/mol. The molecule has 0 aliphatic carbocycles. The number of aryl methyl sites for hydroxylation is 2. The summed E-state index contributed by atoms with van der Waals surface area (Å²) in [6, 6.07) is 9.03. The van der Waals surface area contributed by atoms with Crippen LogP contribution in [0.3, 0.4) is 0 Å². The molecule has 0 aliphatic heterocycles. The van der Waals surface area contributed by atoms with Gasteiger partial charge in [0.05, 0.1) is 14.1 Å². The van der Waals surface area contributed by atoms with Crippen molar-refractivity contribution in [1.82, 2.24) is 4.57 Å². The number of nitrogens with zero attached hydrogens (tertiary/aromatic N) is 2. The molecule has 0 atom stereocenters. The number of esters is 1. The normalized spacial score (nSPS) is 10.1. The number of aromatic nitrogens is 2. The maximum Gasteiger partial charge on any atom is 0.427 e. The van der Waals surface area contributed by atoms with Crippen LogP contribution in [-0.4, -0.2) is 10.5 Å². The molecule has 4 nitrogen and oxygen atoms in total. The highest BCUT2D eigenvalue weighted by atomic mass is 16.5. The largest absolute Gasteiger partial charge is 0.427 e. The van der Waals surface area contributed by atoms with Crippen molar-refractivity contribution in [3.63, 3.8) is 0 Å². The number of hydrogen-bond donors (Lipinski definition) is 0. The van der Waals surface area contributed by atoms with Crippen LogP contribution in [0.5, 0.6) is 5.75 Å². The standard InChI is InChI=1S/C12H13N2O2/c1-13-8-9-14(2)11(13)12(15)16-10-6-4-3-5-7-10/h3-9H,1-2H3/q+1. The van der Waals surface area contributed by atoms with Gasteiger partial charge in [-0.1, -0.05) is 18.2 Å². The first-order chi connectivity index (χ1) is 7.68. The number of ether oxygens (including phenoxy) is 1. The van der Waals surface area contributed by atoms with Crippen LogP contribution in [0.25, 0.3) is 0 Å². The van der Waals surface area contributed by atoms with Crippen LogP contribution in [0.15, 0.2) is 42.7 Å². The lowest BCUT2D eigenvalue weighted by Crippen LogP contribution is -2.36. The van der Waals surface area contributed by atoms with Gasteiger partial charge in [-0.25, -0.2) is 13.9 Å². The summed E-state index contributed by atoms with van der Waals surface area (Å²) in [4.78, 5) is 11.9. The zero-order chi connectivity index (χ0) is 11.5. The Labute approximate surface area is 93.7 Å². The molecule has 0 N–H and O–H groups in total. The predicted molar refractivity (Wildman–Crippen MR) is 58.0 cm³/mol. The summed E-state index contributed by atoms with van der Waals surface area (Å²) in [5, 5.41) is 0. The van der Waals surface area contributed by atoms with Gasteiger partial charge in [-0.15, -0.1) is 0 Å². The van der Waals surface area contributed by atoms with Gasteiger partial charge in [-0.3, -0.25) is 0 Å². The number of benzene rings is 1. The molecule has 0 saturated carbocycles. The molecule has 0 aliphatic rings. The van der Waals surface area contributed by atoms with Gasteiger partial charge in [0.1, 0.15) is 18.1 Å². The molecule has 2 rings (SSSR count). The minimum atomic E-state index is -0.360. The number of rotatable bonds is 2. The van der Waals surface area contributed by atoms with Crippen molar-refractivity contribution in [2.45, 2.75) is 0 Å². The molecule has 16 heavy (non-hydrogen) atoms. The fourth-order valence-corrected chi connectivity index (χ4v) is 1.52. The minimum Gasteiger partial charge on any atom is -0.417 e.